The minimum atomic E-state index is -0.291. The summed E-state index contributed by atoms with van der Waals surface area (Å²) in [6.45, 7) is 0. The van der Waals surface area contributed by atoms with Crippen molar-refractivity contribution in [3.05, 3.63) is 77.9 Å². The van der Waals surface area contributed by atoms with Crippen molar-refractivity contribution in [1.29, 1.82) is 0 Å². The zero-order valence-electron chi connectivity index (χ0n) is 14.2. The number of hydrogen-bond acceptors (Lipinski definition) is 3. The highest BCUT2D eigenvalue weighted by Crippen LogP contribution is 2.41. The van der Waals surface area contributed by atoms with Gasteiger partial charge in [0.2, 0.25) is 0 Å². The molecule has 1 fully saturated rings. The van der Waals surface area contributed by atoms with E-state index in [9.17, 15) is 9.18 Å². The van der Waals surface area contributed by atoms with E-state index in [-0.39, 0.29) is 29.4 Å². The summed E-state index contributed by atoms with van der Waals surface area (Å²) in [5.74, 6) is -0.00523. The Morgan fingerprint density at radius 3 is 2.77 bits per heavy atom. The summed E-state index contributed by atoms with van der Waals surface area (Å²) in [6, 6.07) is 16.0. The molecule has 26 heavy (non-hydrogen) atoms. The first kappa shape index (κ1) is 16.3. The molecule has 1 saturated carbocycles. The monoisotopic (exact) mass is 351 g/mol. The summed E-state index contributed by atoms with van der Waals surface area (Å²) >= 11 is 0. The lowest BCUT2D eigenvalue weighted by Gasteiger charge is -2.04. The van der Waals surface area contributed by atoms with Crippen LogP contribution >= 0.6 is 0 Å². The molecule has 1 heterocycles. The largest absolute Gasteiger partial charge is 0.493 e. The van der Waals surface area contributed by atoms with Crippen molar-refractivity contribution in [2.24, 2.45) is 0 Å². The Morgan fingerprint density at radius 2 is 2.04 bits per heavy atom. The topological polar surface area (TPSA) is 56.2 Å². The van der Waals surface area contributed by atoms with E-state index in [1.807, 2.05) is 36.4 Å². The number of aromatic nitrogens is 2. The lowest BCUT2D eigenvalue weighted by Crippen LogP contribution is -2.27. The lowest BCUT2D eigenvalue weighted by molar-refractivity contribution is 0.0942. The van der Waals surface area contributed by atoms with E-state index in [1.165, 1.54) is 19.2 Å². The van der Waals surface area contributed by atoms with Gasteiger partial charge in [-0.15, -0.1) is 0 Å². The molecule has 1 aliphatic carbocycles. The number of rotatable bonds is 5. The molecule has 5 nitrogen and oxygen atoms in total. The molecule has 4 rings (SSSR count). The van der Waals surface area contributed by atoms with Gasteiger partial charge in [-0.25, -0.2) is 9.07 Å². The zero-order valence-corrected chi connectivity index (χ0v) is 14.2. The fourth-order valence-corrected chi connectivity index (χ4v) is 3.07. The highest BCUT2D eigenvalue weighted by Gasteiger charge is 2.40. The molecule has 6 heteroatoms. The first-order chi connectivity index (χ1) is 12.7. The second kappa shape index (κ2) is 6.63. The van der Waals surface area contributed by atoms with Crippen LogP contribution in [0.3, 0.4) is 0 Å². The van der Waals surface area contributed by atoms with Crippen molar-refractivity contribution in [3.63, 3.8) is 0 Å². The zero-order chi connectivity index (χ0) is 18.1. The van der Waals surface area contributed by atoms with Gasteiger partial charge in [-0.3, -0.25) is 4.79 Å². The van der Waals surface area contributed by atoms with Gasteiger partial charge in [0.05, 0.1) is 19.0 Å². The second-order valence-corrected chi connectivity index (χ2v) is 6.30. The van der Waals surface area contributed by atoms with E-state index in [4.69, 9.17) is 4.74 Å². The molecule has 0 radical (unpaired) electrons. The van der Waals surface area contributed by atoms with Gasteiger partial charge in [0.15, 0.2) is 11.4 Å². The van der Waals surface area contributed by atoms with Crippen molar-refractivity contribution in [2.45, 2.75) is 18.4 Å². The third-order valence-electron chi connectivity index (χ3n) is 4.52. The van der Waals surface area contributed by atoms with E-state index in [0.29, 0.717) is 5.75 Å². The minimum Gasteiger partial charge on any atom is -0.493 e. The molecule has 0 unspecified atom stereocenters. The number of nitrogens with zero attached hydrogens (tertiary/aromatic N) is 2. The van der Waals surface area contributed by atoms with Crippen LogP contribution in [0.5, 0.6) is 5.75 Å². The fraction of sp³-hybridized carbons (Fsp3) is 0.200. The SMILES string of the molecule is COc1cn(-c2ccccc2)nc1C(=O)N[C@@H]1C[C@@H]1c1cccc(F)c1. The Kier molecular flexibility index (Phi) is 4.16. The first-order valence-electron chi connectivity index (χ1n) is 8.41. The van der Waals surface area contributed by atoms with Crippen molar-refractivity contribution in [1.82, 2.24) is 15.1 Å². The number of hydrogen-bond donors (Lipinski definition) is 1. The summed E-state index contributed by atoms with van der Waals surface area (Å²) in [6.07, 6.45) is 2.47. The predicted molar refractivity (Wildman–Crippen MR) is 95.1 cm³/mol. The summed E-state index contributed by atoms with van der Waals surface area (Å²) in [4.78, 5) is 12.6. The van der Waals surface area contributed by atoms with Gasteiger partial charge in [0.1, 0.15) is 5.82 Å². The average Bonchev–Trinajstić information content (AvgIpc) is 3.28. The van der Waals surface area contributed by atoms with Gasteiger partial charge in [-0.05, 0) is 36.2 Å². The standard InChI is InChI=1S/C20H18FN3O2/c1-26-18-12-24(15-8-3-2-4-9-15)23-19(18)20(25)22-17-11-16(17)13-6-5-7-14(21)10-13/h2-10,12,16-17H,11H2,1H3,(H,22,25)/t16-,17-/m1/s1. The average molecular weight is 351 g/mol. The molecule has 2 atom stereocenters. The molecule has 0 saturated heterocycles. The first-order valence-corrected chi connectivity index (χ1v) is 8.41. The molecular weight excluding hydrogens is 333 g/mol. The summed E-state index contributed by atoms with van der Waals surface area (Å²) in [5.41, 5.74) is 1.98. The molecule has 1 amide bonds. The van der Waals surface area contributed by atoms with Gasteiger partial charge in [0, 0.05) is 12.0 Å². The van der Waals surface area contributed by atoms with E-state index in [1.54, 1.807) is 16.9 Å². The fourth-order valence-electron chi connectivity index (χ4n) is 3.07. The maximum absolute atomic E-state index is 13.4. The maximum Gasteiger partial charge on any atom is 0.275 e. The Labute approximate surface area is 150 Å². The van der Waals surface area contributed by atoms with E-state index >= 15 is 0 Å². The molecule has 1 aliphatic rings. The number of ether oxygens (including phenoxy) is 1. The summed E-state index contributed by atoms with van der Waals surface area (Å²) < 4.78 is 20.3. The molecule has 1 aromatic heterocycles. The van der Waals surface area contributed by atoms with Crippen molar-refractivity contribution in [2.75, 3.05) is 7.11 Å². The number of benzene rings is 2. The van der Waals surface area contributed by atoms with Crippen molar-refractivity contribution >= 4 is 5.91 Å². The Balaban J connectivity index is 1.50. The van der Waals surface area contributed by atoms with Crippen LogP contribution in [0.1, 0.15) is 28.4 Å². The van der Waals surface area contributed by atoms with E-state index in [2.05, 4.69) is 10.4 Å². The Hall–Kier alpha value is -3.15. The smallest absolute Gasteiger partial charge is 0.275 e. The van der Waals surface area contributed by atoms with E-state index < -0.39 is 0 Å². The van der Waals surface area contributed by atoms with Crippen LogP contribution in [0.15, 0.2) is 60.8 Å². The highest BCUT2D eigenvalue weighted by atomic mass is 19.1. The number of carbonyl (C=O) groups is 1. The Morgan fingerprint density at radius 1 is 1.23 bits per heavy atom. The number of halogens is 1. The van der Waals surface area contributed by atoms with Gasteiger partial charge in [-0.1, -0.05) is 30.3 Å². The molecule has 0 bridgehead atoms. The second-order valence-electron chi connectivity index (χ2n) is 6.30. The number of para-hydroxylation sites is 1. The molecule has 3 aromatic rings. The third kappa shape index (κ3) is 3.18. The van der Waals surface area contributed by atoms with Crippen molar-refractivity contribution < 1.29 is 13.9 Å². The van der Waals surface area contributed by atoms with Crippen LogP contribution in [-0.4, -0.2) is 28.8 Å². The molecule has 0 spiro atoms. The van der Waals surface area contributed by atoms with E-state index in [0.717, 1.165) is 17.7 Å². The Bertz CT molecular complexity index is 939. The van der Waals surface area contributed by atoms with Gasteiger partial charge < -0.3 is 10.1 Å². The third-order valence-corrected chi connectivity index (χ3v) is 4.52. The molecule has 0 aliphatic heterocycles. The normalized spacial score (nSPS) is 18.4. The summed E-state index contributed by atoms with van der Waals surface area (Å²) in [5, 5.41) is 7.32. The quantitative estimate of drug-likeness (QED) is 0.767. The van der Waals surface area contributed by atoms with Gasteiger partial charge in [0.25, 0.3) is 5.91 Å². The summed E-state index contributed by atoms with van der Waals surface area (Å²) in [7, 11) is 1.51. The number of carbonyl (C=O) groups excluding carboxylic acids is 1. The molecule has 1 N–H and O–H groups in total. The number of methoxy groups -OCH3 is 1. The van der Waals surface area contributed by atoms with Crippen LogP contribution in [0, 0.1) is 5.82 Å². The van der Waals surface area contributed by atoms with Crippen LogP contribution in [0.25, 0.3) is 5.69 Å². The molecular formula is C20H18FN3O2. The van der Waals surface area contributed by atoms with Crippen LogP contribution in [0.4, 0.5) is 4.39 Å². The van der Waals surface area contributed by atoms with Crippen LogP contribution < -0.4 is 10.1 Å². The lowest BCUT2D eigenvalue weighted by atomic mass is 10.1. The number of nitrogens with one attached hydrogen (secondary N) is 1. The maximum atomic E-state index is 13.4. The molecule has 2 aromatic carbocycles. The van der Waals surface area contributed by atoms with Gasteiger partial charge >= 0.3 is 0 Å². The predicted octanol–water partition coefficient (Wildman–Crippen LogP) is 3.31. The molecule has 132 valence electrons. The van der Waals surface area contributed by atoms with Crippen LogP contribution in [-0.2, 0) is 0 Å². The van der Waals surface area contributed by atoms with Crippen LogP contribution in [0.2, 0.25) is 0 Å². The highest BCUT2D eigenvalue weighted by molar-refractivity contribution is 5.95. The minimum absolute atomic E-state index is 0.0177. The van der Waals surface area contributed by atoms with Gasteiger partial charge in [-0.2, -0.15) is 5.10 Å². The van der Waals surface area contributed by atoms with Crippen molar-refractivity contribution in [3.8, 4) is 11.4 Å². The number of amides is 1.